The fraction of sp³-hybridized carbons (Fsp3) is 0.875. The number of nitrogens with two attached hydrogens (primary N) is 1. The molecule has 0 aromatic heterocycles. The minimum absolute atomic E-state index is 0.304. The molecule has 0 aromatic rings. The van der Waals surface area contributed by atoms with Crippen LogP contribution in [0.2, 0.25) is 0 Å². The summed E-state index contributed by atoms with van der Waals surface area (Å²) >= 11 is 0. The molecule has 0 spiro atoms. The molecule has 0 bridgehead atoms. The van der Waals surface area contributed by atoms with E-state index in [1.807, 2.05) is 0 Å². The van der Waals surface area contributed by atoms with Crippen LogP contribution >= 0.6 is 0 Å². The van der Waals surface area contributed by atoms with E-state index in [9.17, 15) is 4.79 Å². The molecule has 0 radical (unpaired) electrons. The molecule has 1 aliphatic heterocycles. The highest BCUT2D eigenvalue weighted by atomic mass is 16.5. The summed E-state index contributed by atoms with van der Waals surface area (Å²) in [7, 11) is 1.56. The van der Waals surface area contributed by atoms with Crippen molar-refractivity contribution in [1.82, 2.24) is 0 Å². The van der Waals surface area contributed by atoms with E-state index >= 15 is 0 Å². The van der Waals surface area contributed by atoms with Crippen molar-refractivity contribution in [2.24, 2.45) is 5.73 Å². The van der Waals surface area contributed by atoms with Crippen LogP contribution in [0.1, 0.15) is 12.8 Å². The Labute approximate surface area is 76.8 Å². The molecule has 1 aliphatic rings. The summed E-state index contributed by atoms with van der Waals surface area (Å²) < 4.78 is 10.4. The average molecular weight is 189 g/mol. The quantitative estimate of drug-likeness (QED) is 0.628. The van der Waals surface area contributed by atoms with Gasteiger partial charge in [-0.15, -0.1) is 0 Å². The van der Waals surface area contributed by atoms with Gasteiger partial charge in [-0.3, -0.25) is 4.79 Å². The Hall–Kier alpha value is -0.650. The summed E-state index contributed by atoms with van der Waals surface area (Å²) in [4.78, 5) is 10.5. The summed E-state index contributed by atoms with van der Waals surface area (Å²) in [5.41, 5.74) is 4.93. The van der Waals surface area contributed by atoms with Crippen molar-refractivity contribution in [1.29, 1.82) is 0 Å². The lowest BCUT2D eigenvalue weighted by Crippen LogP contribution is -2.43. The van der Waals surface area contributed by atoms with Gasteiger partial charge in [0.1, 0.15) is 6.04 Å². The maximum Gasteiger partial charge on any atom is 0.320 e. The van der Waals surface area contributed by atoms with Gasteiger partial charge in [0.15, 0.2) is 0 Å². The fourth-order valence-electron chi connectivity index (χ4n) is 1.48. The molecule has 1 fully saturated rings. The molecular weight excluding hydrogens is 174 g/mol. The van der Waals surface area contributed by atoms with Crippen LogP contribution in [0.25, 0.3) is 0 Å². The van der Waals surface area contributed by atoms with Crippen molar-refractivity contribution in [3.05, 3.63) is 0 Å². The minimum Gasteiger partial charge on any atom is -0.480 e. The zero-order valence-electron chi connectivity index (χ0n) is 7.66. The van der Waals surface area contributed by atoms with Crippen molar-refractivity contribution in [2.45, 2.75) is 24.5 Å². The third kappa shape index (κ3) is 2.40. The van der Waals surface area contributed by atoms with Crippen LogP contribution in [-0.4, -0.2) is 43.0 Å². The molecule has 5 nitrogen and oxygen atoms in total. The molecule has 1 saturated heterocycles. The van der Waals surface area contributed by atoms with Gasteiger partial charge in [-0.1, -0.05) is 0 Å². The molecule has 2 atom stereocenters. The van der Waals surface area contributed by atoms with E-state index in [0.717, 1.165) is 0 Å². The predicted molar refractivity (Wildman–Crippen MR) is 45.4 cm³/mol. The number of methoxy groups -OCH3 is 1. The van der Waals surface area contributed by atoms with E-state index in [1.165, 1.54) is 0 Å². The highest BCUT2D eigenvalue weighted by molar-refractivity contribution is 5.73. The second-order valence-corrected chi connectivity index (χ2v) is 3.34. The second kappa shape index (κ2) is 4.04. The zero-order valence-corrected chi connectivity index (χ0v) is 7.66. The number of ether oxygens (including phenoxy) is 2. The van der Waals surface area contributed by atoms with Gasteiger partial charge in [-0.2, -0.15) is 0 Å². The standard InChI is InChI=1S/C8H15NO4/c1-12-8(2-3-13-5-8)4-6(9)7(10)11/h6H,2-5,9H2,1H3,(H,10,11)/t6-,8?/m1/s1. The molecule has 13 heavy (non-hydrogen) atoms. The van der Waals surface area contributed by atoms with Crippen LogP contribution in [0.15, 0.2) is 0 Å². The highest BCUT2D eigenvalue weighted by Gasteiger charge is 2.38. The Morgan fingerprint density at radius 3 is 2.92 bits per heavy atom. The molecule has 1 unspecified atom stereocenters. The lowest BCUT2D eigenvalue weighted by Gasteiger charge is -2.27. The third-order valence-corrected chi connectivity index (χ3v) is 2.41. The topological polar surface area (TPSA) is 81.8 Å². The summed E-state index contributed by atoms with van der Waals surface area (Å²) in [6.45, 7) is 1.05. The Morgan fingerprint density at radius 2 is 2.54 bits per heavy atom. The normalized spacial score (nSPS) is 30.3. The van der Waals surface area contributed by atoms with Gasteiger partial charge in [0, 0.05) is 26.6 Å². The molecule has 1 heterocycles. The van der Waals surface area contributed by atoms with Crippen molar-refractivity contribution >= 4 is 5.97 Å². The molecular formula is C8H15NO4. The van der Waals surface area contributed by atoms with Crippen molar-refractivity contribution < 1.29 is 19.4 Å². The van der Waals surface area contributed by atoms with Gasteiger partial charge >= 0.3 is 5.97 Å². The lowest BCUT2D eigenvalue weighted by molar-refractivity contribution is -0.140. The van der Waals surface area contributed by atoms with E-state index in [4.69, 9.17) is 20.3 Å². The van der Waals surface area contributed by atoms with Crippen LogP contribution in [0.3, 0.4) is 0 Å². The maximum absolute atomic E-state index is 10.5. The maximum atomic E-state index is 10.5. The van der Waals surface area contributed by atoms with Crippen molar-refractivity contribution in [2.75, 3.05) is 20.3 Å². The number of hydrogen-bond acceptors (Lipinski definition) is 4. The summed E-state index contributed by atoms with van der Waals surface area (Å²) in [6.07, 6.45) is 1.02. The van der Waals surface area contributed by atoms with E-state index in [-0.39, 0.29) is 0 Å². The van der Waals surface area contributed by atoms with Crippen molar-refractivity contribution in [3.63, 3.8) is 0 Å². The van der Waals surface area contributed by atoms with Gasteiger partial charge < -0.3 is 20.3 Å². The van der Waals surface area contributed by atoms with E-state index < -0.39 is 17.6 Å². The molecule has 0 amide bonds. The Balaban J connectivity index is 2.52. The molecule has 5 heteroatoms. The summed E-state index contributed by atoms with van der Waals surface area (Å²) in [5, 5.41) is 8.63. The third-order valence-electron chi connectivity index (χ3n) is 2.41. The van der Waals surface area contributed by atoms with E-state index in [1.54, 1.807) is 7.11 Å². The van der Waals surface area contributed by atoms with Crippen LogP contribution in [0.4, 0.5) is 0 Å². The number of carboxylic acids is 1. The molecule has 3 N–H and O–H groups in total. The molecule has 76 valence electrons. The monoisotopic (exact) mass is 189 g/mol. The van der Waals surface area contributed by atoms with Crippen LogP contribution in [-0.2, 0) is 14.3 Å². The smallest absolute Gasteiger partial charge is 0.320 e. The van der Waals surface area contributed by atoms with Crippen molar-refractivity contribution in [3.8, 4) is 0 Å². The predicted octanol–water partition coefficient (Wildman–Crippen LogP) is -0.406. The average Bonchev–Trinajstić information content (AvgIpc) is 2.54. The van der Waals surface area contributed by atoms with Gasteiger partial charge in [-0.25, -0.2) is 0 Å². The summed E-state index contributed by atoms with van der Waals surface area (Å²) in [5.74, 6) is -0.997. The van der Waals surface area contributed by atoms with Crippen LogP contribution in [0.5, 0.6) is 0 Å². The number of carbonyl (C=O) groups is 1. The number of hydrogen-bond donors (Lipinski definition) is 2. The Bertz CT molecular complexity index is 189. The van der Waals surface area contributed by atoms with E-state index in [0.29, 0.717) is 26.1 Å². The lowest BCUT2D eigenvalue weighted by atomic mass is 9.94. The Kier molecular flexibility index (Phi) is 3.24. The van der Waals surface area contributed by atoms with Gasteiger partial charge in [0.05, 0.1) is 12.2 Å². The van der Waals surface area contributed by atoms with Gasteiger partial charge in [-0.05, 0) is 0 Å². The number of aliphatic carboxylic acids is 1. The fourth-order valence-corrected chi connectivity index (χ4v) is 1.48. The van der Waals surface area contributed by atoms with Crippen LogP contribution in [0, 0.1) is 0 Å². The minimum atomic E-state index is -0.997. The number of carboxylic acid groups (broad SMARTS) is 1. The highest BCUT2D eigenvalue weighted by Crippen LogP contribution is 2.27. The first kappa shape index (κ1) is 10.4. The van der Waals surface area contributed by atoms with E-state index in [2.05, 4.69) is 0 Å². The Morgan fingerprint density at radius 1 is 1.85 bits per heavy atom. The first-order valence-corrected chi connectivity index (χ1v) is 4.21. The first-order valence-electron chi connectivity index (χ1n) is 4.21. The largest absolute Gasteiger partial charge is 0.480 e. The second-order valence-electron chi connectivity index (χ2n) is 3.34. The first-order chi connectivity index (χ1) is 6.09. The molecule has 1 rings (SSSR count). The zero-order chi connectivity index (χ0) is 9.90. The molecule has 0 aromatic carbocycles. The van der Waals surface area contributed by atoms with Crippen LogP contribution < -0.4 is 5.73 Å². The SMILES string of the molecule is COC1(C[C@@H](N)C(=O)O)CCOC1. The summed E-state index contributed by atoms with van der Waals surface area (Å²) in [6, 6.07) is -0.873. The van der Waals surface area contributed by atoms with Gasteiger partial charge in [0.2, 0.25) is 0 Å². The van der Waals surface area contributed by atoms with Gasteiger partial charge in [0.25, 0.3) is 0 Å². The number of rotatable bonds is 4. The molecule has 0 saturated carbocycles. The molecule has 0 aliphatic carbocycles.